The van der Waals surface area contributed by atoms with E-state index in [2.05, 4.69) is 32.9 Å². The van der Waals surface area contributed by atoms with Crippen molar-refractivity contribution in [1.29, 1.82) is 0 Å². The zero-order chi connectivity index (χ0) is 18.4. The number of esters is 2. The summed E-state index contributed by atoms with van der Waals surface area (Å²) in [6, 6.07) is 0. The Morgan fingerprint density at radius 3 is 2.60 bits per heavy atom. The number of ether oxygens (including phenoxy) is 2. The molecular weight excluding hydrogens is 316 g/mol. The molecule has 0 unspecified atom stereocenters. The third-order valence-corrected chi connectivity index (χ3v) is 5.76. The first kappa shape index (κ1) is 19.7. The van der Waals surface area contributed by atoms with Gasteiger partial charge in [-0.3, -0.25) is 9.59 Å². The highest BCUT2D eigenvalue weighted by Crippen LogP contribution is 2.43. The predicted octanol–water partition coefficient (Wildman–Crippen LogP) is 4.73. The van der Waals surface area contributed by atoms with E-state index in [0.717, 1.165) is 38.5 Å². The molecule has 4 nitrogen and oxygen atoms in total. The van der Waals surface area contributed by atoms with E-state index in [1.165, 1.54) is 18.3 Å². The van der Waals surface area contributed by atoms with Gasteiger partial charge in [-0.15, -0.1) is 0 Å². The van der Waals surface area contributed by atoms with Crippen LogP contribution in [0.25, 0.3) is 0 Å². The van der Waals surface area contributed by atoms with Crippen LogP contribution in [0.15, 0.2) is 23.3 Å². The lowest BCUT2D eigenvalue weighted by atomic mass is 9.75. The lowest BCUT2D eigenvalue weighted by Crippen LogP contribution is -2.32. The molecule has 4 heteroatoms. The van der Waals surface area contributed by atoms with E-state index in [1.807, 2.05) is 0 Å². The zero-order valence-electron chi connectivity index (χ0n) is 16.1. The van der Waals surface area contributed by atoms with Crippen LogP contribution in [0.2, 0.25) is 0 Å². The Balaban J connectivity index is 2.23. The van der Waals surface area contributed by atoms with Crippen molar-refractivity contribution < 1.29 is 19.1 Å². The Kier molecular flexibility index (Phi) is 6.86. The van der Waals surface area contributed by atoms with Gasteiger partial charge in [0.15, 0.2) is 0 Å². The van der Waals surface area contributed by atoms with Crippen molar-refractivity contribution in [1.82, 2.24) is 0 Å². The van der Waals surface area contributed by atoms with Gasteiger partial charge in [0.05, 0.1) is 19.4 Å². The predicted molar refractivity (Wildman–Crippen MR) is 97.9 cm³/mol. The van der Waals surface area contributed by atoms with Gasteiger partial charge in [-0.1, -0.05) is 30.2 Å². The molecule has 0 aromatic rings. The zero-order valence-corrected chi connectivity index (χ0v) is 16.1. The second-order valence-electron chi connectivity index (χ2n) is 7.98. The van der Waals surface area contributed by atoms with Crippen LogP contribution in [0, 0.1) is 11.3 Å². The molecule has 0 spiro atoms. The molecule has 1 aliphatic heterocycles. The average Bonchev–Trinajstić information content (AvgIpc) is 2.83. The molecule has 2 rings (SSSR count). The van der Waals surface area contributed by atoms with Crippen LogP contribution in [0.4, 0.5) is 0 Å². The molecule has 140 valence electrons. The highest BCUT2D eigenvalue weighted by Gasteiger charge is 2.46. The number of carbonyl (C=O) groups excluding carboxylic acids is 2. The first-order valence-corrected chi connectivity index (χ1v) is 9.42. The van der Waals surface area contributed by atoms with Gasteiger partial charge in [-0.2, -0.15) is 0 Å². The molecule has 1 heterocycles. The maximum absolute atomic E-state index is 12.2. The molecule has 3 atom stereocenters. The monoisotopic (exact) mass is 348 g/mol. The molecule has 0 saturated carbocycles. The van der Waals surface area contributed by atoms with E-state index in [1.54, 1.807) is 0 Å². The molecule has 0 radical (unpaired) electrons. The molecule has 0 aromatic heterocycles. The number of methoxy groups -OCH3 is 1. The summed E-state index contributed by atoms with van der Waals surface area (Å²) in [6.45, 7) is 6.43. The summed E-state index contributed by atoms with van der Waals surface area (Å²) in [5.41, 5.74) is 2.51. The van der Waals surface area contributed by atoms with Crippen LogP contribution in [0.3, 0.4) is 0 Å². The fourth-order valence-corrected chi connectivity index (χ4v) is 3.93. The molecule has 1 fully saturated rings. The average molecular weight is 348 g/mol. The standard InChI is InChI=1S/C21H32O4/c1-15-7-5-8-16(2)10-11-17(20(23)24-4)13-18-21(3,12-6-9-15)14-19(22)25-18/h8-9,17-18H,5-7,10-14H2,1-4H3/b15-9+,16-8+/t17-,18+,21+/m1/s1. The van der Waals surface area contributed by atoms with Crippen molar-refractivity contribution >= 4 is 11.9 Å². The lowest BCUT2D eigenvalue weighted by molar-refractivity contribution is -0.150. The van der Waals surface area contributed by atoms with Gasteiger partial charge >= 0.3 is 11.9 Å². The van der Waals surface area contributed by atoms with E-state index in [9.17, 15) is 9.59 Å². The number of hydrogen-bond acceptors (Lipinski definition) is 4. The van der Waals surface area contributed by atoms with E-state index >= 15 is 0 Å². The van der Waals surface area contributed by atoms with Crippen LogP contribution in [0.1, 0.15) is 72.1 Å². The van der Waals surface area contributed by atoms with Gasteiger partial charge in [-0.05, 0) is 58.8 Å². The topological polar surface area (TPSA) is 52.6 Å². The highest BCUT2D eigenvalue weighted by atomic mass is 16.6. The number of carbonyl (C=O) groups is 2. The minimum atomic E-state index is -0.219. The summed E-state index contributed by atoms with van der Waals surface area (Å²) in [6.07, 6.45) is 10.9. The van der Waals surface area contributed by atoms with E-state index in [4.69, 9.17) is 9.47 Å². The number of rotatable bonds is 1. The summed E-state index contributed by atoms with van der Waals surface area (Å²) >= 11 is 0. The third-order valence-electron chi connectivity index (χ3n) is 5.76. The Morgan fingerprint density at radius 2 is 1.88 bits per heavy atom. The molecule has 0 N–H and O–H groups in total. The molecule has 1 saturated heterocycles. The molecule has 0 bridgehead atoms. The van der Waals surface area contributed by atoms with Crippen LogP contribution in [-0.4, -0.2) is 25.2 Å². The van der Waals surface area contributed by atoms with Crippen molar-refractivity contribution in [3.8, 4) is 0 Å². The smallest absolute Gasteiger partial charge is 0.308 e. The second-order valence-corrected chi connectivity index (χ2v) is 7.98. The summed E-state index contributed by atoms with van der Waals surface area (Å²) in [7, 11) is 1.43. The SMILES string of the molecule is COC(=O)[C@@H]1CC/C(C)=C/CC/C(C)=C/CC[C@@]2(C)CC(=O)O[C@H]2C1. The van der Waals surface area contributed by atoms with Crippen LogP contribution >= 0.6 is 0 Å². The van der Waals surface area contributed by atoms with E-state index in [-0.39, 0.29) is 29.4 Å². The highest BCUT2D eigenvalue weighted by molar-refractivity contribution is 5.74. The summed E-state index contributed by atoms with van der Waals surface area (Å²) in [4.78, 5) is 24.2. The van der Waals surface area contributed by atoms with Gasteiger partial charge in [0, 0.05) is 5.41 Å². The Morgan fingerprint density at radius 1 is 1.20 bits per heavy atom. The Labute approximate surface area is 151 Å². The quantitative estimate of drug-likeness (QED) is 0.507. The molecule has 2 aliphatic rings. The van der Waals surface area contributed by atoms with Crippen molar-refractivity contribution in [2.45, 2.75) is 78.2 Å². The van der Waals surface area contributed by atoms with Crippen molar-refractivity contribution in [3.63, 3.8) is 0 Å². The number of allylic oxidation sites excluding steroid dienone is 4. The molecule has 1 aliphatic carbocycles. The maximum atomic E-state index is 12.2. The van der Waals surface area contributed by atoms with Crippen LogP contribution in [0.5, 0.6) is 0 Å². The van der Waals surface area contributed by atoms with Crippen LogP contribution in [-0.2, 0) is 19.1 Å². The third kappa shape index (κ3) is 5.45. The first-order chi connectivity index (χ1) is 11.8. The fraction of sp³-hybridized carbons (Fsp3) is 0.714. The Hall–Kier alpha value is -1.58. The summed E-state index contributed by atoms with van der Waals surface area (Å²) in [5.74, 6) is -0.554. The minimum absolute atomic E-state index is 0.141. The number of fused-ring (bicyclic) bond motifs is 1. The van der Waals surface area contributed by atoms with Gasteiger partial charge in [0.2, 0.25) is 0 Å². The van der Waals surface area contributed by atoms with Gasteiger partial charge in [0.1, 0.15) is 6.10 Å². The fourth-order valence-electron chi connectivity index (χ4n) is 3.93. The summed E-state index contributed by atoms with van der Waals surface area (Å²) in [5, 5.41) is 0. The Bertz CT molecular complexity index is 560. The lowest BCUT2D eigenvalue weighted by Gasteiger charge is -2.30. The molecule has 25 heavy (non-hydrogen) atoms. The van der Waals surface area contributed by atoms with E-state index in [0.29, 0.717) is 12.8 Å². The minimum Gasteiger partial charge on any atom is -0.469 e. The van der Waals surface area contributed by atoms with Gasteiger partial charge in [-0.25, -0.2) is 0 Å². The van der Waals surface area contributed by atoms with Gasteiger partial charge in [0.25, 0.3) is 0 Å². The summed E-state index contributed by atoms with van der Waals surface area (Å²) < 4.78 is 10.6. The normalized spacial score (nSPS) is 36.1. The number of hydrogen-bond donors (Lipinski definition) is 0. The second kappa shape index (κ2) is 8.68. The van der Waals surface area contributed by atoms with Crippen molar-refractivity contribution in [2.24, 2.45) is 11.3 Å². The van der Waals surface area contributed by atoms with Crippen molar-refractivity contribution in [3.05, 3.63) is 23.3 Å². The van der Waals surface area contributed by atoms with E-state index < -0.39 is 0 Å². The molecular formula is C21H32O4. The first-order valence-electron chi connectivity index (χ1n) is 9.42. The largest absolute Gasteiger partial charge is 0.469 e. The molecule has 0 aromatic carbocycles. The van der Waals surface area contributed by atoms with Crippen molar-refractivity contribution in [2.75, 3.05) is 7.11 Å². The van der Waals surface area contributed by atoms with Crippen LogP contribution < -0.4 is 0 Å². The van der Waals surface area contributed by atoms with Gasteiger partial charge < -0.3 is 9.47 Å². The molecule has 0 amide bonds. The maximum Gasteiger partial charge on any atom is 0.308 e.